The van der Waals surface area contributed by atoms with Gasteiger partial charge in [-0.15, -0.1) is 0 Å². The Morgan fingerprint density at radius 1 is 1.11 bits per heavy atom. The van der Waals surface area contributed by atoms with Crippen LogP contribution in [0, 0.1) is 17.6 Å². The van der Waals surface area contributed by atoms with E-state index in [2.05, 4.69) is 20.6 Å². The van der Waals surface area contributed by atoms with E-state index in [9.17, 15) is 18.7 Å². The van der Waals surface area contributed by atoms with Crippen molar-refractivity contribution in [2.75, 3.05) is 10.6 Å². The summed E-state index contributed by atoms with van der Waals surface area (Å²) >= 11 is 5.71. The lowest BCUT2D eigenvalue weighted by Gasteiger charge is -2.29. The molecule has 3 aromatic rings. The standard InChI is InChI=1S/C24H28ClF2N7O2/c25-16-9-18(27)19(10-17(16)26)31-24-32-20-11-29-23(30-13-2-1-3-15(35)8-13)33-22(20)34(24)14-6-4-12(5-7-14)21(28)36/h9-15,35H,1-8H2,(H2,28,36)(H,31,32)(H,29,30,33)/t12-,13-,14+,15+/m1/s1. The van der Waals surface area contributed by atoms with E-state index in [1.54, 1.807) is 6.20 Å². The van der Waals surface area contributed by atoms with E-state index in [1.807, 2.05) is 4.57 Å². The highest BCUT2D eigenvalue weighted by molar-refractivity contribution is 6.30. The van der Waals surface area contributed by atoms with Gasteiger partial charge in [0.15, 0.2) is 5.65 Å². The first kappa shape index (κ1) is 24.6. The Morgan fingerprint density at radius 3 is 2.61 bits per heavy atom. The number of nitrogens with two attached hydrogens (primary N) is 1. The molecule has 2 fully saturated rings. The molecular formula is C24H28ClF2N7O2. The van der Waals surface area contributed by atoms with Gasteiger partial charge in [0.25, 0.3) is 0 Å². The summed E-state index contributed by atoms with van der Waals surface area (Å²) in [6, 6.07) is 1.85. The number of nitrogens with zero attached hydrogens (tertiary/aromatic N) is 4. The summed E-state index contributed by atoms with van der Waals surface area (Å²) in [7, 11) is 0. The predicted molar refractivity (Wildman–Crippen MR) is 132 cm³/mol. The number of nitrogens with one attached hydrogen (secondary N) is 2. The number of benzene rings is 1. The number of hydrogen-bond donors (Lipinski definition) is 4. The number of imidazole rings is 1. The Kier molecular flexibility index (Phi) is 6.94. The van der Waals surface area contributed by atoms with E-state index in [-0.39, 0.29) is 46.7 Å². The third-order valence-corrected chi connectivity index (χ3v) is 7.42. The molecular weight excluding hydrogens is 492 g/mol. The fraction of sp³-hybridized carbons (Fsp3) is 0.500. The number of amides is 1. The molecule has 2 aliphatic carbocycles. The lowest BCUT2D eigenvalue weighted by atomic mass is 9.85. The van der Waals surface area contributed by atoms with E-state index in [0.717, 1.165) is 31.4 Å². The highest BCUT2D eigenvalue weighted by Crippen LogP contribution is 2.37. The number of hydrogen-bond acceptors (Lipinski definition) is 7. The molecule has 5 rings (SSSR count). The molecule has 1 aromatic carbocycles. The SMILES string of the molecule is NC(=O)[C@H]1CC[C@@H](n2c(Nc3cc(F)c(Cl)cc3F)nc3cnc(N[C@@H]4CCC[C@H](O)C4)nc32)CC1. The summed E-state index contributed by atoms with van der Waals surface area (Å²) in [6.45, 7) is 0. The van der Waals surface area contributed by atoms with Crippen LogP contribution in [0.2, 0.25) is 5.02 Å². The summed E-state index contributed by atoms with van der Waals surface area (Å²) in [6.07, 6.45) is 6.97. The molecule has 1 amide bonds. The maximum Gasteiger partial charge on any atom is 0.224 e. The van der Waals surface area contributed by atoms with Crippen LogP contribution in [0.15, 0.2) is 18.3 Å². The van der Waals surface area contributed by atoms with Crippen molar-refractivity contribution in [3.05, 3.63) is 35.0 Å². The molecule has 5 N–H and O–H groups in total. The van der Waals surface area contributed by atoms with Gasteiger partial charge in [0, 0.05) is 24.1 Å². The molecule has 2 heterocycles. The van der Waals surface area contributed by atoms with Gasteiger partial charge in [-0.25, -0.2) is 18.7 Å². The minimum atomic E-state index is -0.758. The molecule has 2 aromatic heterocycles. The van der Waals surface area contributed by atoms with Crippen LogP contribution in [-0.2, 0) is 4.79 Å². The lowest BCUT2D eigenvalue weighted by molar-refractivity contribution is -0.122. The molecule has 36 heavy (non-hydrogen) atoms. The third kappa shape index (κ3) is 5.08. The minimum Gasteiger partial charge on any atom is -0.393 e. The highest BCUT2D eigenvalue weighted by Gasteiger charge is 2.30. The summed E-state index contributed by atoms with van der Waals surface area (Å²) in [5, 5.41) is 15.9. The first-order valence-corrected chi connectivity index (χ1v) is 12.6. The molecule has 2 aliphatic rings. The average Bonchev–Trinajstić information content (AvgIpc) is 3.19. The second-order valence-electron chi connectivity index (χ2n) is 9.65. The van der Waals surface area contributed by atoms with Gasteiger partial charge < -0.3 is 21.5 Å². The van der Waals surface area contributed by atoms with Gasteiger partial charge in [0.1, 0.15) is 17.2 Å². The first-order chi connectivity index (χ1) is 17.3. The van der Waals surface area contributed by atoms with Gasteiger partial charge in [0.2, 0.25) is 17.8 Å². The van der Waals surface area contributed by atoms with E-state index >= 15 is 0 Å². The van der Waals surface area contributed by atoms with Crippen molar-refractivity contribution in [3.8, 4) is 0 Å². The van der Waals surface area contributed by atoms with Crippen molar-refractivity contribution in [1.29, 1.82) is 0 Å². The van der Waals surface area contributed by atoms with Crippen molar-refractivity contribution >= 4 is 46.3 Å². The molecule has 0 saturated heterocycles. The molecule has 9 nitrogen and oxygen atoms in total. The number of primary amides is 1. The maximum atomic E-state index is 14.6. The Bertz CT molecular complexity index is 1280. The van der Waals surface area contributed by atoms with Crippen LogP contribution < -0.4 is 16.4 Å². The topological polar surface area (TPSA) is 131 Å². The fourth-order valence-electron chi connectivity index (χ4n) is 5.23. The predicted octanol–water partition coefficient (Wildman–Crippen LogP) is 4.43. The fourth-order valence-corrected chi connectivity index (χ4v) is 5.38. The molecule has 2 saturated carbocycles. The lowest BCUT2D eigenvalue weighted by Crippen LogP contribution is -2.30. The third-order valence-electron chi connectivity index (χ3n) is 7.13. The van der Waals surface area contributed by atoms with Crippen LogP contribution >= 0.6 is 11.6 Å². The second-order valence-corrected chi connectivity index (χ2v) is 10.1. The van der Waals surface area contributed by atoms with Crippen LogP contribution in [0.5, 0.6) is 0 Å². The molecule has 12 heteroatoms. The largest absolute Gasteiger partial charge is 0.393 e. The minimum absolute atomic E-state index is 0.0531. The van der Waals surface area contributed by atoms with Crippen LogP contribution in [0.4, 0.5) is 26.4 Å². The molecule has 0 radical (unpaired) electrons. The smallest absolute Gasteiger partial charge is 0.224 e. The van der Waals surface area contributed by atoms with E-state index in [0.29, 0.717) is 49.2 Å². The summed E-state index contributed by atoms with van der Waals surface area (Å²) in [5.74, 6) is -1.30. The van der Waals surface area contributed by atoms with Gasteiger partial charge in [-0.1, -0.05) is 11.6 Å². The number of carbonyl (C=O) groups excluding carboxylic acids is 1. The number of aliphatic hydroxyl groups excluding tert-OH is 1. The van der Waals surface area contributed by atoms with Gasteiger partial charge in [-0.2, -0.15) is 4.98 Å². The number of fused-ring (bicyclic) bond motifs is 1. The zero-order valence-electron chi connectivity index (χ0n) is 19.6. The molecule has 0 bridgehead atoms. The van der Waals surface area contributed by atoms with Gasteiger partial charge in [-0.05, 0) is 57.4 Å². The van der Waals surface area contributed by atoms with Crippen molar-refractivity contribution in [1.82, 2.24) is 19.5 Å². The number of aliphatic hydroxyl groups is 1. The first-order valence-electron chi connectivity index (χ1n) is 12.2. The number of halogens is 3. The normalized spacial score (nSPS) is 24.6. The number of carbonyl (C=O) groups is 1. The Morgan fingerprint density at radius 2 is 1.89 bits per heavy atom. The molecule has 0 spiro atoms. The second kappa shape index (κ2) is 10.1. The number of aromatic nitrogens is 4. The van der Waals surface area contributed by atoms with Crippen LogP contribution in [0.3, 0.4) is 0 Å². The highest BCUT2D eigenvalue weighted by atomic mass is 35.5. The van der Waals surface area contributed by atoms with Crippen molar-refractivity contribution in [3.63, 3.8) is 0 Å². The van der Waals surface area contributed by atoms with Crippen molar-refractivity contribution < 1.29 is 18.7 Å². The maximum absolute atomic E-state index is 14.6. The van der Waals surface area contributed by atoms with Crippen LogP contribution in [-0.4, -0.2) is 42.7 Å². The van der Waals surface area contributed by atoms with E-state index in [1.165, 1.54) is 0 Å². The van der Waals surface area contributed by atoms with Gasteiger partial charge >= 0.3 is 0 Å². The Labute approximate surface area is 211 Å². The number of rotatable bonds is 6. The monoisotopic (exact) mass is 519 g/mol. The van der Waals surface area contributed by atoms with E-state index in [4.69, 9.17) is 22.3 Å². The molecule has 0 unspecified atom stereocenters. The van der Waals surface area contributed by atoms with Gasteiger partial charge in [-0.3, -0.25) is 9.36 Å². The van der Waals surface area contributed by atoms with Crippen molar-refractivity contribution in [2.45, 2.75) is 69.6 Å². The van der Waals surface area contributed by atoms with Gasteiger partial charge in [0.05, 0.1) is 23.0 Å². The number of anilines is 3. The quantitative estimate of drug-likeness (QED) is 0.354. The van der Waals surface area contributed by atoms with E-state index < -0.39 is 11.6 Å². The average molecular weight is 520 g/mol. The summed E-state index contributed by atoms with van der Waals surface area (Å²) in [4.78, 5) is 25.4. The molecule has 0 aliphatic heterocycles. The zero-order valence-corrected chi connectivity index (χ0v) is 20.3. The Hall–Kier alpha value is -3.05. The summed E-state index contributed by atoms with van der Waals surface area (Å²) < 4.78 is 30.5. The zero-order chi connectivity index (χ0) is 25.4. The summed E-state index contributed by atoms with van der Waals surface area (Å²) in [5.41, 5.74) is 6.42. The van der Waals surface area contributed by atoms with Crippen molar-refractivity contribution in [2.24, 2.45) is 11.7 Å². The molecule has 2 atom stereocenters. The molecule has 192 valence electrons. The van der Waals surface area contributed by atoms with Crippen LogP contribution in [0.1, 0.15) is 57.4 Å². The Balaban J connectivity index is 1.51. The van der Waals surface area contributed by atoms with Crippen LogP contribution in [0.25, 0.3) is 11.2 Å².